The Morgan fingerprint density at radius 1 is 1.35 bits per heavy atom. The van der Waals surface area contributed by atoms with Gasteiger partial charge < -0.3 is 10.2 Å². The molecule has 1 aliphatic heterocycles. The van der Waals surface area contributed by atoms with Gasteiger partial charge in [-0.05, 0) is 24.1 Å². The second-order valence-electron chi connectivity index (χ2n) is 4.86. The maximum atomic E-state index is 12.5. The van der Waals surface area contributed by atoms with Crippen LogP contribution in [-0.4, -0.2) is 43.3 Å². The van der Waals surface area contributed by atoms with E-state index in [2.05, 4.69) is 0 Å². The quantitative estimate of drug-likeness (QED) is 0.620. The van der Waals surface area contributed by atoms with Crippen molar-refractivity contribution in [1.29, 1.82) is 0 Å². The van der Waals surface area contributed by atoms with E-state index in [9.17, 15) is 19.5 Å². The van der Waals surface area contributed by atoms with Crippen LogP contribution in [0, 0.1) is 6.92 Å². The fourth-order valence-electron chi connectivity index (χ4n) is 2.09. The predicted molar refractivity (Wildman–Crippen MR) is 89.9 cm³/mol. The number of carboxylic acids is 2. The van der Waals surface area contributed by atoms with E-state index in [0.717, 1.165) is 27.8 Å². The third-order valence-corrected chi connectivity index (χ3v) is 4.59. The van der Waals surface area contributed by atoms with Crippen LogP contribution in [0.4, 0.5) is 0 Å². The highest BCUT2D eigenvalue weighted by Gasteiger charge is 2.41. The Bertz CT molecular complexity index is 728. The van der Waals surface area contributed by atoms with Gasteiger partial charge in [-0.3, -0.25) is 14.5 Å². The molecule has 1 aromatic rings. The Morgan fingerprint density at radius 2 is 2.00 bits per heavy atom. The smallest absolute Gasteiger partial charge is 0.327 e. The Kier molecular flexibility index (Phi) is 5.17. The summed E-state index contributed by atoms with van der Waals surface area (Å²) in [5.74, 6) is -3.30. The van der Waals surface area contributed by atoms with Crippen molar-refractivity contribution in [2.24, 2.45) is 0 Å². The first kappa shape index (κ1) is 17.2. The number of aryl methyl sites for hydroxylation is 1. The van der Waals surface area contributed by atoms with E-state index in [1.807, 2.05) is 31.2 Å². The molecule has 1 heterocycles. The zero-order valence-corrected chi connectivity index (χ0v) is 13.7. The van der Waals surface area contributed by atoms with Crippen LogP contribution < -0.4 is 0 Å². The summed E-state index contributed by atoms with van der Waals surface area (Å²) in [5.41, 5.74) is 1.77. The fourth-order valence-corrected chi connectivity index (χ4v) is 3.44. The number of thiocarbonyl (C=S) groups is 1. The molecule has 0 bridgehead atoms. The lowest BCUT2D eigenvalue weighted by molar-refractivity contribution is -0.150. The van der Waals surface area contributed by atoms with Gasteiger partial charge in [-0.2, -0.15) is 0 Å². The van der Waals surface area contributed by atoms with Crippen molar-refractivity contribution < 1.29 is 24.6 Å². The van der Waals surface area contributed by atoms with Crippen LogP contribution in [0.25, 0.3) is 6.08 Å². The molecule has 23 heavy (non-hydrogen) atoms. The van der Waals surface area contributed by atoms with Gasteiger partial charge in [0, 0.05) is 0 Å². The first-order chi connectivity index (χ1) is 10.8. The molecule has 1 saturated heterocycles. The topological polar surface area (TPSA) is 94.9 Å². The van der Waals surface area contributed by atoms with Crippen LogP contribution in [0.2, 0.25) is 0 Å². The van der Waals surface area contributed by atoms with Gasteiger partial charge in [-0.25, -0.2) is 4.79 Å². The summed E-state index contributed by atoms with van der Waals surface area (Å²) in [6.45, 7) is 1.89. The molecule has 2 rings (SSSR count). The zero-order valence-electron chi connectivity index (χ0n) is 12.1. The van der Waals surface area contributed by atoms with Crippen molar-refractivity contribution in [3.05, 3.63) is 40.3 Å². The number of hydrogen-bond donors (Lipinski definition) is 2. The number of thioether (sulfide) groups is 1. The lowest BCUT2D eigenvalue weighted by Gasteiger charge is -2.21. The second-order valence-corrected chi connectivity index (χ2v) is 6.54. The van der Waals surface area contributed by atoms with Crippen LogP contribution in [-0.2, 0) is 14.4 Å². The van der Waals surface area contributed by atoms with Crippen molar-refractivity contribution in [2.75, 3.05) is 0 Å². The summed E-state index contributed by atoms with van der Waals surface area (Å²) in [5, 5.41) is 18.0. The van der Waals surface area contributed by atoms with Gasteiger partial charge in [0.15, 0.2) is 0 Å². The SMILES string of the molecule is Cc1ccccc1/C=C1\SC(=S)N(C(CC(=O)O)C(=O)O)C1=O. The molecule has 0 spiro atoms. The summed E-state index contributed by atoms with van der Waals surface area (Å²) in [4.78, 5) is 35.7. The first-order valence-corrected chi connectivity index (χ1v) is 7.81. The van der Waals surface area contributed by atoms with E-state index in [1.165, 1.54) is 0 Å². The summed E-state index contributed by atoms with van der Waals surface area (Å²) in [6.07, 6.45) is 0.924. The number of carbonyl (C=O) groups is 3. The largest absolute Gasteiger partial charge is 0.481 e. The monoisotopic (exact) mass is 351 g/mol. The van der Waals surface area contributed by atoms with Crippen molar-refractivity contribution in [2.45, 2.75) is 19.4 Å². The summed E-state index contributed by atoms with van der Waals surface area (Å²) < 4.78 is 0.0449. The molecule has 120 valence electrons. The van der Waals surface area contributed by atoms with Gasteiger partial charge in [0.1, 0.15) is 10.4 Å². The highest BCUT2D eigenvalue weighted by Crippen LogP contribution is 2.35. The minimum atomic E-state index is -1.51. The molecule has 2 N–H and O–H groups in total. The van der Waals surface area contributed by atoms with E-state index in [4.69, 9.17) is 17.3 Å². The number of carboxylic acid groups (broad SMARTS) is 2. The minimum Gasteiger partial charge on any atom is -0.481 e. The zero-order chi connectivity index (χ0) is 17.1. The maximum absolute atomic E-state index is 12.5. The molecule has 6 nitrogen and oxygen atoms in total. The van der Waals surface area contributed by atoms with Crippen molar-refractivity contribution in [3.63, 3.8) is 0 Å². The molecule has 1 aromatic carbocycles. The first-order valence-electron chi connectivity index (χ1n) is 6.58. The fraction of sp³-hybridized carbons (Fsp3) is 0.200. The third kappa shape index (κ3) is 3.77. The van der Waals surface area contributed by atoms with Crippen LogP contribution in [0.5, 0.6) is 0 Å². The van der Waals surface area contributed by atoms with E-state index >= 15 is 0 Å². The number of aliphatic carboxylic acids is 2. The lowest BCUT2D eigenvalue weighted by Crippen LogP contribution is -2.45. The van der Waals surface area contributed by atoms with Crippen LogP contribution in [0.15, 0.2) is 29.2 Å². The molecule has 0 aromatic heterocycles. The van der Waals surface area contributed by atoms with E-state index in [1.54, 1.807) is 6.08 Å². The molecule has 0 saturated carbocycles. The normalized spacial score (nSPS) is 17.6. The maximum Gasteiger partial charge on any atom is 0.327 e. The van der Waals surface area contributed by atoms with E-state index < -0.39 is 30.3 Å². The number of benzene rings is 1. The van der Waals surface area contributed by atoms with E-state index in [0.29, 0.717) is 0 Å². The predicted octanol–water partition coefficient (Wildman–Crippen LogP) is 2.12. The Morgan fingerprint density at radius 3 is 2.57 bits per heavy atom. The summed E-state index contributed by atoms with van der Waals surface area (Å²) in [6, 6.07) is 5.89. The Labute approximate surface area is 141 Å². The molecule has 1 atom stereocenters. The molecule has 1 aliphatic rings. The average Bonchev–Trinajstić information content (AvgIpc) is 2.73. The number of carbonyl (C=O) groups excluding carboxylic acids is 1. The summed E-state index contributed by atoms with van der Waals surface area (Å²) in [7, 11) is 0. The van der Waals surface area contributed by atoms with Crippen LogP contribution in [0.1, 0.15) is 17.5 Å². The van der Waals surface area contributed by atoms with Gasteiger partial charge in [0.05, 0.1) is 11.3 Å². The van der Waals surface area contributed by atoms with Gasteiger partial charge >= 0.3 is 11.9 Å². The van der Waals surface area contributed by atoms with Gasteiger partial charge in [0.25, 0.3) is 5.91 Å². The molecule has 1 amide bonds. The van der Waals surface area contributed by atoms with Gasteiger partial charge in [-0.1, -0.05) is 48.2 Å². The summed E-state index contributed by atoms with van der Waals surface area (Å²) >= 11 is 6.03. The average molecular weight is 351 g/mol. The van der Waals surface area contributed by atoms with Crippen LogP contribution >= 0.6 is 24.0 Å². The van der Waals surface area contributed by atoms with Crippen molar-refractivity contribution >= 4 is 52.2 Å². The van der Waals surface area contributed by atoms with Gasteiger partial charge in [0.2, 0.25) is 0 Å². The molecular weight excluding hydrogens is 338 g/mol. The molecule has 1 fully saturated rings. The standard InChI is InChI=1S/C15H13NO5S2/c1-8-4-2-3-5-9(8)6-11-13(19)16(15(22)23-11)10(14(20)21)7-12(17)18/h2-6,10H,7H2,1H3,(H,17,18)(H,20,21)/b11-6-. The number of nitrogens with zero attached hydrogens (tertiary/aromatic N) is 1. The van der Waals surface area contributed by atoms with Crippen molar-refractivity contribution in [1.82, 2.24) is 4.90 Å². The third-order valence-electron chi connectivity index (χ3n) is 3.26. The highest BCUT2D eigenvalue weighted by atomic mass is 32.2. The molecule has 0 aliphatic carbocycles. The Balaban J connectivity index is 2.34. The molecule has 1 unspecified atom stereocenters. The molecule has 0 radical (unpaired) electrons. The lowest BCUT2D eigenvalue weighted by atomic mass is 10.1. The molecular formula is C15H13NO5S2. The number of rotatable bonds is 5. The highest BCUT2D eigenvalue weighted by molar-refractivity contribution is 8.26. The number of amides is 1. The van der Waals surface area contributed by atoms with Gasteiger partial charge in [-0.15, -0.1) is 0 Å². The second kappa shape index (κ2) is 6.93. The van der Waals surface area contributed by atoms with Crippen LogP contribution in [0.3, 0.4) is 0 Å². The van der Waals surface area contributed by atoms with E-state index in [-0.39, 0.29) is 9.23 Å². The number of hydrogen-bond acceptors (Lipinski definition) is 5. The minimum absolute atomic E-state index is 0.0449. The Hall–Kier alpha value is -2.19. The van der Waals surface area contributed by atoms with Crippen molar-refractivity contribution in [3.8, 4) is 0 Å². The molecule has 8 heteroatoms.